The molecule has 18 heavy (non-hydrogen) atoms. The van der Waals surface area contributed by atoms with E-state index < -0.39 is 12.6 Å². The lowest BCUT2D eigenvalue weighted by molar-refractivity contribution is -0.147. The molecule has 2 heterocycles. The molecule has 1 aromatic rings. The molecule has 1 fully saturated rings. The SMILES string of the molecule is Cc1nnsc1CN1CCC(CC(F)(F)F)CC1. The molecule has 0 spiro atoms. The van der Waals surface area contributed by atoms with E-state index in [0.717, 1.165) is 30.2 Å². The fourth-order valence-electron chi connectivity index (χ4n) is 2.28. The Bertz CT molecular complexity index is 383. The topological polar surface area (TPSA) is 29.0 Å². The minimum absolute atomic E-state index is 0.207. The van der Waals surface area contributed by atoms with Gasteiger partial charge < -0.3 is 0 Å². The lowest BCUT2D eigenvalue weighted by Crippen LogP contribution is -2.34. The van der Waals surface area contributed by atoms with Gasteiger partial charge in [0.25, 0.3) is 0 Å². The van der Waals surface area contributed by atoms with Crippen molar-refractivity contribution in [2.45, 2.75) is 38.9 Å². The van der Waals surface area contributed by atoms with Gasteiger partial charge in [-0.2, -0.15) is 13.2 Å². The minimum atomic E-state index is -4.02. The third-order valence-corrected chi connectivity index (χ3v) is 4.15. The van der Waals surface area contributed by atoms with Crippen molar-refractivity contribution < 1.29 is 13.2 Å². The van der Waals surface area contributed by atoms with Crippen LogP contribution in [0.2, 0.25) is 0 Å². The first-order valence-electron chi connectivity index (χ1n) is 6.01. The van der Waals surface area contributed by atoms with E-state index in [1.165, 1.54) is 11.5 Å². The summed E-state index contributed by atoms with van der Waals surface area (Å²) in [5.74, 6) is -0.207. The minimum Gasteiger partial charge on any atom is -0.298 e. The monoisotopic (exact) mass is 279 g/mol. The molecule has 0 amide bonds. The average molecular weight is 279 g/mol. The smallest absolute Gasteiger partial charge is 0.298 e. The summed E-state index contributed by atoms with van der Waals surface area (Å²) in [5.41, 5.74) is 0.928. The van der Waals surface area contributed by atoms with Crippen LogP contribution in [0.1, 0.15) is 29.8 Å². The van der Waals surface area contributed by atoms with Crippen LogP contribution in [-0.4, -0.2) is 33.8 Å². The molecule has 0 aromatic carbocycles. The van der Waals surface area contributed by atoms with Gasteiger partial charge in [0.15, 0.2) is 0 Å². The third-order valence-electron chi connectivity index (χ3n) is 3.34. The fourth-order valence-corrected chi connectivity index (χ4v) is 2.95. The summed E-state index contributed by atoms with van der Waals surface area (Å²) in [6.07, 6.45) is -3.40. The number of alkyl halides is 3. The van der Waals surface area contributed by atoms with Gasteiger partial charge >= 0.3 is 6.18 Å². The summed E-state index contributed by atoms with van der Waals surface area (Å²) >= 11 is 1.37. The summed E-state index contributed by atoms with van der Waals surface area (Å²) in [5, 5.41) is 3.94. The Labute approximate surface area is 108 Å². The number of piperidine rings is 1. The van der Waals surface area contributed by atoms with Crippen LogP contribution < -0.4 is 0 Å². The predicted octanol–water partition coefficient (Wildman–Crippen LogP) is 3.01. The first kappa shape index (κ1) is 13.7. The highest BCUT2D eigenvalue weighted by Crippen LogP contribution is 2.31. The van der Waals surface area contributed by atoms with Gasteiger partial charge in [0.05, 0.1) is 10.6 Å². The van der Waals surface area contributed by atoms with Crippen LogP contribution in [0, 0.1) is 12.8 Å². The maximum absolute atomic E-state index is 12.3. The number of likely N-dealkylation sites (tertiary alicyclic amines) is 1. The van der Waals surface area contributed by atoms with E-state index in [1.807, 2.05) is 6.92 Å². The van der Waals surface area contributed by atoms with Crippen molar-refractivity contribution in [3.8, 4) is 0 Å². The number of aromatic nitrogens is 2. The largest absolute Gasteiger partial charge is 0.389 e. The summed E-state index contributed by atoms with van der Waals surface area (Å²) in [4.78, 5) is 3.30. The molecule has 102 valence electrons. The first-order valence-corrected chi connectivity index (χ1v) is 6.78. The Kier molecular flexibility index (Phi) is 4.21. The molecule has 0 aliphatic carbocycles. The summed E-state index contributed by atoms with van der Waals surface area (Å²) in [6.45, 7) is 4.15. The van der Waals surface area contributed by atoms with Crippen LogP contribution >= 0.6 is 11.5 Å². The van der Waals surface area contributed by atoms with Crippen molar-refractivity contribution >= 4 is 11.5 Å². The van der Waals surface area contributed by atoms with Crippen molar-refractivity contribution in [3.63, 3.8) is 0 Å². The maximum Gasteiger partial charge on any atom is 0.389 e. The number of hydrogen-bond donors (Lipinski definition) is 0. The molecule has 2 rings (SSSR count). The zero-order valence-corrected chi connectivity index (χ0v) is 11.0. The van der Waals surface area contributed by atoms with E-state index in [9.17, 15) is 13.2 Å². The Morgan fingerprint density at radius 2 is 2.00 bits per heavy atom. The van der Waals surface area contributed by atoms with E-state index >= 15 is 0 Å². The van der Waals surface area contributed by atoms with E-state index in [2.05, 4.69) is 14.5 Å². The summed E-state index contributed by atoms with van der Waals surface area (Å²) in [7, 11) is 0. The van der Waals surface area contributed by atoms with E-state index in [-0.39, 0.29) is 5.92 Å². The van der Waals surface area contributed by atoms with Crippen molar-refractivity contribution in [2.75, 3.05) is 13.1 Å². The second-order valence-electron chi connectivity index (χ2n) is 4.82. The van der Waals surface area contributed by atoms with Crippen LogP contribution in [0.3, 0.4) is 0 Å². The van der Waals surface area contributed by atoms with Crippen molar-refractivity contribution in [3.05, 3.63) is 10.6 Å². The van der Waals surface area contributed by atoms with Gasteiger partial charge in [-0.3, -0.25) is 4.90 Å². The highest BCUT2D eigenvalue weighted by Gasteiger charge is 2.33. The third kappa shape index (κ3) is 3.91. The average Bonchev–Trinajstić information content (AvgIpc) is 2.65. The normalized spacial score (nSPS) is 19.3. The molecule has 0 radical (unpaired) electrons. The molecule has 0 saturated carbocycles. The number of halogens is 3. The number of nitrogens with zero attached hydrogens (tertiary/aromatic N) is 3. The summed E-state index contributed by atoms with van der Waals surface area (Å²) < 4.78 is 40.7. The molecular weight excluding hydrogens is 263 g/mol. The predicted molar refractivity (Wildman–Crippen MR) is 63.3 cm³/mol. The van der Waals surface area contributed by atoms with Crippen LogP contribution in [-0.2, 0) is 6.54 Å². The zero-order chi connectivity index (χ0) is 13.2. The molecule has 3 nitrogen and oxygen atoms in total. The van der Waals surface area contributed by atoms with Gasteiger partial charge in [0, 0.05) is 13.0 Å². The van der Waals surface area contributed by atoms with Gasteiger partial charge in [-0.25, -0.2) is 0 Å². The highest BCUT2D eigenvalue weighted by molar-refractivity contribution is 7.05. The summed E-state index contributed by atoms with van der Waals surface area (Å²) in [6, 6.07) is 0. The second kappa shape index (κ2) is 5.52. The molecule has 0 unspecified atom stereocenters. The quantitative estimate of drug-likeness (QED) is 0.851. The molecule has 0 bridgehead atoms. The van der Waals surface area contributed by atoms with Crippen LogP contribution in [0.4, 0.5) is 13.2 Å². The Morgan fingerprint density at radius 1 is 1.33 bits per heavy atom. The van der Waals surface area contributed by atoms with E-state index in [4.69, 9.17) is 0 Å². The van der Waals surface area contributed by atoms with Crippen molar-refractivity contribution in [1.82, 2.24) is 14.5 Å². The molecule has 0 atom stereocenters. The van der Waals surface area contributed by atoms with Crippen molar-refractivity contribution in [2.24, 2.45) is 5.92 Å². The Hall–Kier alpha value is -0.690. The molecule has 1 aliphatic rings. The second-order valence-corrected chi connectivity index (χ2v) is 5.66. The van der Waals surface area contributed by atoms with Gasteiger partial charge in [-0.05, 0) is 50.3 Å². The standard InChI is InChI=1S/C11H16F3N3S/c1-8-10(18-16-15-8)7-17-4-2-9(3-5-17)6-11(12,13)14/h9H,2-7H2,1H3. The molecule has 1 saturated heterocycles. The van der Waals surface area contributed by atoms with Gasteiger partial charge in [0.1, 0.15) is 0 Å². The number of aryl methyl sites for hydroxylation is 1. The highest BCUT2D eigenvalue weighted by atomic mass is 32.1. The van der Waals surface area contributed by atoms with Gasteiger partial charge in [-0.15, -0.1) is 5.10 Å². The molecular formula is C11H16F3N3S. The zero-order valence-electron chi connectivity index (χ0n) is 10.2. The Balaban J connectivity index is 1.79. The van der Waals surface area contributed by atoms with Crippen molar-refractivity contribution in [1.29, 1.82) is 0 Å². The number of hydrogen-bond acceptors (Lipinski definition) is 4. The fraction of sp³-hybridized carbons (Fsp3) is 0.818. The van der Waals surface area contributed by atoms with Gasteiger partial charge in [0.2, 0.25) is 0 Å². The maximum atomic E-state index is 12.3. The molecule has 0 N–H and O–H groups in total. The molecule has 1 aliphatic heterocycles. The van der Waals surface area contributed by atoms with Crippen LogP contribution in [0.25, 0.3) is 0 Å². The van der Waals surface area contributed by atoms with E-state index in [1.54, 1.807) is 0 Å². The molecule has 1 aromatic heterocycles. The van der Waals surface area contributed by atoms with Gasteiger partial charge in [-0.1, -0.05) is 4.49 Å². The lowest BCUT2D eigenvalue weighted by atomic mass is 9.93. The number of rotatable bonds is 3. The van der Waals surface area contributed by atoms with Crippen LogP contribution in [0.15, 0.2) is 0 Å². The molecule has 7 heteroatoms. The van der Waals surface area contributed by atoms with Crippen LogP contribution in [0.5, 0.6) is 0 Å². The first-order chi connectivity index (χ1) is 8.44. The van der Waals surface area contributed by atoms with E-state index in [0.29, 0.717) is 12.8 Å². The lowest BCUT2D eigenvalue weighted by Gasteiger charge is -2.31. The Morgan fingerprint density at radius 3 is 2.50 bits per heavy atom.